The van der Waals surface area contributed by atoms with Crippen molar-refractivity contribution >= 4 is 35.8 Å². The number of carbonyl (C=O) groups is 5. The number of carboxylic acids is 1. The van der Waals surface area contributed by atoms with E-state index in [0.29, 0.717) is 10.5 Å². The van der Waals surface area contributed by atoms with Crippen molar-refractivity contribution in [2.75, 3.05) is 4.90 Å². The lowest BCUT2D eigenvalue weighted by atomic mass is 9.87. The zero-order chi connectivity index (χ0) is 35.4. The van der Waals surface area contributed by atoms with Crippen LogP contribution in [0.4, 0.5) is 15.4 Å². The maximum atomic E-state index is 13.6. The molecule has 0 radical (unpaired) electrons. The summed E-state index contributed by atoms with van der Waals surface area (Å²) < 4.78 is 17.1. The van der Waals surface area contributed by atoms with Gasteiger partial charge in [0.1, 0.15) is 22.8 Å². The van der Waals surface area contributed by atoms with Gasteiger partial charge in [0.05, 0.1) is 11.5 Å². The third-order valence-corrected chi connectivity index (χ3v) is 7.28. The van der Waals surface area contributed by atoms with Crippen molar-refractivity contribution in [3.63, 3.8) is 0 Å². The van der Waals surface area contributed by atoms with Crippen LogP contribution in [0, 0.1) is 5.92 Å². The summed E-state index contributed by atoms with van der Waals surface area (Å²) in [7, 11) is 0. The van der Waals surface area contributed by atoms with Crippen LogP contribution < -0.4 is 9.64 Å². The number of hydrogen-bond donors (Lipinski definition) is 1. The van der Waals surface area contributed by atoms with Crippen LogP contribution >= 0.6 is 0 Å². The van der Waals surface area contributed by atoms with Crippen LogP contribution in [0.15, 0.2) is 72.9 Å². The summed E-state index contributed by atoms with van der Waals surface area (Å²) in [6.45, 7) is 11.9. The number of β-lactam (4-membered cyclic amide) rings is 1. The predicted molar refractivity (Wildman–Crippen MR) is 176 cm³/mol. The first-order valence-electron chi connectivity index (χ1n) is 15.6. The van der Waals surface area contributed by atoms with Crippen molar-refractivity contribution in [1.29, 1.82) is 0 Å². The van der Waals surface area contributed by atoms with E-state index < -0.39 is 53.3 Å². The number of anilines is 1. The second-order valence-electron chi connectivity index (χ2n) is 13.6. The van der Waals surface area contributed by atoms with Crippen LogP contribution in [0.25, 0.3) is 0 Å². The normalized spacial score (nSPS) is 16.7. The molecule has 12 nitrogen and oxygen atoms in total. The number of nitrogens with zero attached hydrogens (tertiary/aromatic N) is 3. The van der Waals surface area contributed by atoms with Crippen LogP contribution in [0.5, 0.6) is 5.75 Å². The lowest BCUT2D eigenvalue weighted by Crippen LogP contribution is -2.66. The first kappa shape index (κ1) is 35.6. The molecular weight excluding hydrogens is 618 g/mol. The Morgan fingerprint density at radius 1 is 0.896 bits per heavy atom. The van der Waals surface area contributed by atoms with Crippen LogP contribution in [-0.4, -0.2) is 62.4 Å². The Morgan fingerprint density at radius 3 is 2.02 bits per heavy atom. The lowest BCUT2D eigenvalue weighted by molar-refractivity contribution is -0.183. The van der Waals surface area contributed by atoms with Gasteiger partial charge in [-0.15, -0.1) is 0 Å². The van der Waals surface area contributed by atoms with Crippen LogP contribution in [0.3, 0.4) is 0 Å². The van der Waals surface area contributed by atoms with Gasteiger partial charge >= 0.3 is 18.2 Å². The van der Waals surface area contributed by atoms with Gasteiger partial charge in [0.25, 0.3) is 0 Å². The van der Waals surface area contributed by atoms with Crippen LogP contribution in [0.2, 0.25) is 0 Å². The second kappa shape index (κ2) is 14.2. The fourth-order valence-corrected chi connectivity index (χ4v) is 5.03. The number of rotatable bonds is 9. The maximum absolute atomic E-state index is 13.6. The molecule has 48 heavy (non-hydrogen) atoms. The smallest absolute Gasteiger partial charge is 0.425 e. The van der Waals surface area contributed by atoms with Gasteiger partial charge in [-0.2, -0.15) is 4.90 Å². The fourth-order valence-electron chi connectivity index (χ4n) is 5.03. The molecule has 3 aromatic rings. The first-order chi connectivity index (χ1) is 22.4. The van der Waals surface area contributed by atoms with E-state index in [1.807, 2.05) is 37.3 Å². The van der Waals surface area contributed by atoms with E-state index in [4.69, 9.17) is 14.2 Å². The zero-order valence-electron chi connectivity index (χ0n) is 28.1. The molecule has 254 valence electrons. The Balaban J connectivity index is 1.62. The monoisotopic (exact) mass is 659 g/mol. The van der Waals surface area contributed by atoms with Gasteiger partial charge in [-0.05, 0) is 101 Å². The van der Waals surface area contributed by atoms with Gasteiger partial charge in [0.15, 0.2) is 6.23 Å². The standard InChI is InChI=1S/C36H41N3O9/c1-22(24-11-9-8-10-12-24)19-29(40)39-30(41)27(31(39)46-26-15-13-25(14-16-26)32(42)43)20-23-17-18-37-28(21-23)38(33(44)47-35(2,3)4)34(45)48-36(5,6)7/h8-18,21-22,27,31H,19-20H2,1-7H3,(H,42,43)/t22-,27?,31+/m0/s1. The molecule has 1 saturated heterocycles. The van der Waals surface area contributed by atoms with E-state index in [-0.39, 0.29) is 35.9 Å². The van der Waals surface area contributed by atoms with Crippen molar-refractivity contribution < 1.29 is 43.3 Å². The molecule has 2 heterocycles. The van der Waals surface area contributed by atoms with Crippen molar-refractivity contribution in [2.45, 2.75) is 84.7 Å². The molecule has 4 rings (SSSR count). The summed E-state index contributed by atoms with van der Waals surface area (Å²) in [4.78, 5) is 70.8. The predicted octanol–water partition coefficient (Wildman–Crippen LogP) is 6.58. The molecule has 0 spiro atoms. The SMILES string of the molecule is C[C@@H](CC(=O)N1C(=O)C(Cc2ccnc(N(C(=O)OC(C)(C)C)C(=O)OC(C)(C)C)c2)[C@H]1Oc1ccc(C(=O)O)cc1)c1ccccc1. The number of likely N-dealkylation sites (tertiary alicyclic amines) is 1. The summed E-state index contributed by atoms with van der Waals surface area (Å²) in [5, 5.41) is 9.28. The van der Waals surface area contributed by atoms with E-state index in [0.717, 1.165) is 10.5 Å². The zero-order valence-corrected chi connectivity index (χ0v) is 28.1. The number of amides is 4. The minimum Gasteiger partial charge on any atom is -0.478 e. The summed E-state index contributed by atoms with van der Waals surface area (Å²) in [5.74, 6) is -2.78. The molecule has 1 N–H and O–H groups in total. The summed E-state index contributed by atoms with van der Waals surface area (Å²) in [6.07, 6.45) is -1.47. The van der Waals surface area contributed by atoms with Crippen molar-refractivity contribution in [1.82, 2.24) is 9.88 Å². The molecular formula is C36H41N3O9. The number of hydrogen-bond acceptors (Lipinski definition) is 9. The summed E-state index contributed by atoms with van der Waals surface area (Å²) in [6, 6.07) is 18.2. The number of carboxylic acid groups (broad SMARTS) is 1. The Kier molecular flexibility index (Phi) is 10.6. The summed E-state index contributed by atoms with van der Waals surface area (Å²) >= 11 is 0. The minimum atomic E-state index is -1.11. The van der Waals surface area contributed by atoms with Crippen LogP contribution in [0.1, 0.15) is 82.3 Å². The number of aromatic carboxylic acids is 1. The molecule has 3 atom stereocenters. The number of ether oxygens (including phenoxy) is 3. The molecule has 0 saturated carbocycles. The highest BCUT2D eigenvalue weighted by atomic mass is 16.6. The van der Waals surface area contributed by atoms with Crippen molar-refractivity contribution in [2.24, 2.45) is 5.92 Å². The largest absolute Gasteiger partial charge is 0.478 e. The average molecular weight is 660 g/mol. The fraction of sp³-hybridized carbons (Fsp3) is 0.389. The highest BCUT2D eigenvalue weighted by molar-refractivity contribution is 6.08. The molecule has 1 aliphatic heterocycles. The average Bonchev–Trinajstić information content (AvgIpc) is 2.99. The Labute approximate surface area is 279 Å². The third-order valence-electron chi connectivity index (χ3n) is 7.28. The Bertz CT molecular complexity index is 1630. The quantitative estimate of drug-likeness (QED) is 0.249. The molecule has 1 aromatic heterocycles. The van der Waals surface area contributed by atoms with Gasteiger partial charge in [0, 0.05) is 12.6 Å². The number of aromatic nitrogens is 1. The van der Waals surface area contributed by atoms with Gasteiger partial charge in [-0.25, -0.2) is 24.3 Å². The Hall–Kier alpha value is -5.26. The number of benzene rings is 2. The van der Waals surface area contributed by atoms with Crippen molar-refractivity contribution in [3.8, 4) is 5.75 Å². The number of imide groups is 2. The highest BCUT2D eigenvalue weighted by Gasteiger charge is 2.52. The third kappa shape index (κ3) is 8.96. The number of pyridine rings is 1. The van der Waals surface area contributed by atoms with E-state index in [1.165, 1.54) is 36.5 Å². The van der Waals surface area contributed by atoms with Gasteiger partial charge in [-0.1, -0.05) is 37.3 Å². The Morgan fingerprint density at radius 2 is 1.48 bits per heavy atom. The molecule has 0 bridgehead atoms. The molecule has 4 amide bonds. The minimum absolute atomic E-state index is 0.0528. The van der Waals surface area contributed by atoms with Gasteiger partial charge in [-0.3, -0.25) is 9.59 Å². The highest BCUT2D eigenvalue weighted by Crippen LogP contribution is 2.35. The van der Waals surface area contributed by atoms with E-state index >= 15 is 0 Å². The maximum Gasteiger partial charge on any atom is 0.425 e. The van der Waals surface area contributed by atoms with E-state index in [1.54, 1.807) is 47.6 Å². The first-order valence-corrected chi connectivity index (χ1v) is 15.6. The van der Waals surface area contributed by atoms with Crippen LogP contribution in [-0.2, 0) is 25.5 Å². The molecule has 2 aromatic carbocycles. The second-order valence-corrected chi connectivity index (χ2v) is 13.6. The molecule has 1 fully saturated rings. The molecule has 1 unspecified atom stereocenters. The molecule has 12 heteroatoms. The molecule has 0 aliphatic carbocycles. The topological polar surface area (TPSA) is 153 Å². The van der Waals surface area contributed by atoms with E-state index in [2.05, 4.69) is 4.98 Å². The van der Waals surface area contributed by atoms with E-state index in [9.17, 15) is 29.1 Å². The summed E-state index contributed by atoms with van der Waals surface area (Å²) in [5.41, 5.74) is -0.323. The number of carbonyl (C=O) groups excluding carboxylic acids is 4. The lowest BCUT2D eigenvalue weighted by Gasteiger charge is -2.45. The van der Waals surface area contributed by atoms with Crippen molar-refractivity contribution in [3.05, 3.63) is 89.6 Å². The van der Waals surface area contributed by atoms with Gasteiger partial charge < -0.3 is 19.3 Å². The van der Waals surface area contributed by atoms with Gasteiger partial charge in [0.2, 0.25) is 11.8 Å². The molecule has 1 aliphatic rings.